The molecule has 0 aromatic heterocycles. The lowest BCUT2D eigenvalue weighted by Crippen LogP contribution is -2.26. The Kier molecular flexibility index (Phi) is 4.15. The van der Waals surface area contributed by atoms with Crippen molar-refractivity contribution in [3.63, 3.8) is 0 Å². The van der Waals surface area contributed by atoms with Crippen LogP contribution in [0.3, 0.4) is 0 Å². The number of benzene rings is 2. The lowest BCUT2D eigenvalue weighted by molar-refractivity contribution is 0.596. The zero-order chi connectivity index (χ0) is 15.5. The highest BCUT2D eigenvalue weighted by Crippen LogP contribution is 2.27. The number of rotatable bonds is 4. The summed E-state index contributed by atoms with van der Waals surface area (Å²) in [5, 5.41) is 0. The van der Waals surface area contributed by atoms with E-state index in [1.54, 1.807) is 48.5 Å². The maximum Gasteiger partial charge on any atom is 0.268 e. The molecular formula is C17H15NO2S. The number of terminal acetylenes is 1. The van der Waals surface area contributed by atoms with Crippen LogP contribution < -0.4 is 4.31 Å². The van der Waals surface area contributed by atoms with Crippen molar-refractivity contribution in [2.24, 2.45) is 0 Å². The number of para-hydroxylation sites is 1. The predicted molar refractivity (Wildman–Crippen MR) is 85.4 cm³/mol. The molecule has 0 aliphatic rings. The van der Waals surface area contributed by atoms with E-state index < -0.39 is 10.0 Å². The fourth-order valence-electron chi connectivity index (χ4n) is 1.94. The monoisotopic (exact) mass is 297 g/mol. The molecule has 0 spiro atoms. The van der Waals surface area contributed by atoms with Crippen molar-refractivity contribution in [1.29, 1.82) is 0 Å². The molecule has 0 saturated heterocycles. The number of hydrogen-bond acceptors (Lipinski definition) is 2. The molecule has 21 heavy (non-hydrogen) atoms. The van der Waals surface area contributed by atoms with Crippen molar-refractivity contribution in [3.8, 4) is 12.3 Å². The molecule has 2 aromatic carbocycles. The maximum absolute atomic E-state index is 12.7. The Hall–Kier alpha value is -2.51. The molecule has 106 valence electrons. The Morgan fingerprint density at radius 2 is 1.76 bits per heavy atom. The van der Waals surface area contributed by atoms with E-state index in [0.717, 1.165) is 9.87 Å². The van der Waals surface area contributed by atoms with E-state index in [2.05, 4.69) is 12.5 Å². The average Bonchev–Trinajstić information content (AvgIpc) is 2.48. The van der Waals surface area contributed by atoms with Gasteiger partial charge in [-0.2, -0.15) is 0 Å². The van der Waals surface area contributed by atoms with Crippen LogP contribution in [-0.4, -0.2) is 8.42 Å². The van der Waals surface area contributed by atoms with E-state index in [9.17, 15) is 8.42 Å². The van der Waals surface area contributed by atoms with E-state index in [1.165, 1.54) is 6.20 Å². The highest BCUT2D eigenvalue weighted by molar-refractivity contribution is 7.93. The van der Waals surface area contributed by atoms with Gasteiger partial charge in [-0.05, 0) is 31.2 Å². The molecule has 3 nitrogen and oxygen atoms in total. The summed E-state index contributed by atoms with van der Waals surface area (Å²) in [6.07, 6.45) is 6.69. The zero-order valence-electron chi connectivity index (χ0n) is 11.7. The van der Waals surface area contributed by atoms with Gasteiger partial charge in [0.1, 0.15) is 0 Å². The van der Waals surface area contributed by atoms with Crippen molar-refractivity contribution >= 4 is 15.7 Å². The van der Waals surface area contributed by atoms with Gasteiger partial charge in [-0.3, -0.25) is 0 Å². The van der Waals surface area contributed by atoms with Crippen LogP contribution in [0.5, 0.6) is 0 Å². The Bertz CT molecular complexity index is 799. The lowest BCUT2D eigenvalue weighted by Gasteiger charge is -2.21. The standard InChI is InChI=1S/C17H15NO2S/c1-4-15-8-6-7-9-17(15)18(5-2)21(19,20)16-12-10-14(3)11-13-16/h1,5-13H,2H2,3H3. The third-order valence-electron chi connectivity index (χ3n) is 3.04. The molecule has 0 saturated carbocycles. The zero-order valence-corrected chi connectivity index (χ0v) is 12.5. The van der Waals surface area contributed by atoms with Gasteiger partial charge >= 0.3 is 0 Å². The van der Waals surface area contributed by atoms with Gasteiger partial charge in [0.25, 0.3) is 10.0 Å². The highest BCUT2D eigenvalue weighted by atomic mass is 32.2. The summed E-state index contributed by atoms with van der Waals surface area (Å²) >= 11 is 0. The summed E-state index contributed by atoms with van der Waals surface area (Å²) in [5.74, 6) is 2.49. The minimum Gasteiger partial charge on any atom is -0.241 e. The molecule has 0 unspecified atom stereocenters. The van der Waals surface area contributed by atoms with Crippen molar-refractivity contribution in [3.05, 3.63) is 72.4 Å². The van der Waals surface area contributed by atoms with Crippen molar-refractivity contribution in [2.75, 3.05) is 4.31 Å². The molecule has 2 aromatic rings. The summed E-state index contributed by atoms with van der Waals surface area (Å²) in [6.45, 7) is 5.50. The van der Waals surface area contributed by atoms with Gasteiger partial charge in [0, 0.05) is 11.8 Å². The Labute approximate surface area is 125 Å². The van der Waals surface area contributed by atoms with E-state index in [-0.39, 0.29) is 4.90 Å². The van der Waals surface area contributed by atoms with Crippen LogP contribution in [0.15, 0.2) is 66.2 Å². The number of hydrogen-bond donors (Lipinski definition) is 0. The molecule has 0 amide bonds. The molecule has 0 heterocycles. The average molecular weight is 297 g/mol. The number of sulfonamides is 1. The van der Waals surface area contributed by atoms with E-state index in [1.807, 2.05) is 6.92 Å². The molecular weight excluding hydrogens is 282 g/mol. The second-order valence-electron chi connectivity index (χ2n) is 4.46. The van der Waals surface area contributed by atoms with Crippen molar-refractivity contribution in [2.45, 2.75) is 11.8 Å². The van der Waals surface area contributed by atoms with Gasteiger partial charge in [-0.15, -0.1) is 6.42 Å². The fourth-order valence-corrected chi connectivity index (χ4v) is 3.26. The molecule has 0 aliphatic heterocycles. The SMILES string of the molecule is C#Cc1ccccc1N(C=C)S(=O)(=O)c1ccc(C)cc1. The Balaban J connectivity index is 2.58. The molecule has 0 radical (unpaired) electrons. The van der Waals surface area contributed by atoms with E-state index in [4.69, 9.17) is 6.42 Å². The molecule has 0 aliphatic carbocycles. The second-order valence-corrected chi connectivity index (χ2v) is 6.27. The third kappa shape index (κ3) is 2.83. The van der Waals surface area contributed by atoms with Gasteiger partial charge in [0.05, 0.1) is 10.6 Å². The first kappa shape index (κ1) is 14.9. The highest BCUT2D eigenvalue weighted by Gasteiger charge is 2.24. The van der Waals surface area contributed by atoms with Crippen LogP contribution in [0.4, 0.5) is 5.69 Å². The molecule has 4 heteroatoms. The Morgan fingerprint density at radius 3 is 2.33 bits per heavy atom. The molecule has 0 bridgehead atoms. The minimum atomic E-state index is -3.73. The van der Waals surface area contributed by atoms with Crippen LogP contribution in [0, 0.1) is 19.3 Å². The van der Waals surface area contributed by atoms with Crippen LogP contribution in [0.1, 0.15) is 11.1 Å². The summed E-state index contributed by atoms with van der Waals surface area (Å²) in [4.78, 5) is 0.194. The minimum absolute atomic E-state index is 0.194. The van der Waals surface area contributed by atoms with Crippen molar-refractivity contribution < 1.29 is 8.42 Å². The quantitative estimate of drug-likeness (QED) is 0.812. The predicted octanol–water partition coefficient (Wildman–Crippen LogP) is 3.32. The number of aryl methyl sites for hydroxylation is 1. The van der Waals surface area contributed by atoms with E-state index in [0.29, 0.717) is 11.3 Å². The number of nitrogens with zero attached hydrogens (tertiary/aromatic N) is 1. The molecule has 0 N–H and O–H groups in total. The largest absolute Gasteiger partial charge is 0.268 e. The van der Waals surface area contributed by atoms with Gasteiger partial charge in [0.2, 0.25) is 0 Å². The topological polar surface area (TPSA) is 37.4 Å². The summed E-state index contributed by atoms with van der Waals surface area (Å²) in [5.41, 5.74) is 1.90. The smallest absolute Gasteiger partial charge is 0.241 e. The van der Waals surface area contributed by atoms with Gasteiger partial charge in [-0.25, -0.2) is 12.7 Å². The molecule has 0 atom stereocenters. The Morgan fingerprint density at radius 1 is 1.14 bits per heavy atom. The first-order chi connectivity index (χ1) is 10.0. The van der Waals surface area contributed by atoms with Gasteiger partial charge in [-0.1, -0.05) is 42.3 Å². The second kappa shape index (κ2) is 5.86. The first-order valence-electron chi connectivity index (χ1n) is 6.30. The molecule has 2 rings (SSSR count). The summed E-state index contributed by atoms with van der Waals surface area (Å²) in [6, 6.07) is 13.5. The third-order valence-corrected chi connectivity index (χ3v) is 4.77. The molecule has 0 fully saturated rings. The van der Waals surface area contributed by atoms with E-state index >= 15 is 0 Å². The van der Waals surface area contributed by atoms with Crippen LogP contribution in [0.2, 0.25) is 0 Å². The lowest BCUT2D eigenvalue weighted by atomic mass is 10.2. The van der Waals surface area contributed by atoms with Gasteiger partial charge in [0.15, 0.2) is 0 Å². The van der Waals surface area contributed by atoms with Crippen LogP contribution >= 0.6 is 0 Å². The summed E-state index contributed by atoms with van der Waals surface area (Å²) in [7, 11) is -3.73. The fraction of sp³-hybridized carbons (Fsp3) is 0.0588. The number of anilines is 1. The summed E-state index contributed by atoms with van der Waals surface area (Å²) < 4.78 is 26.6. The first-order valence-corrected chi connectivity index (χ1v) is 7.74. The maximum atomic E-state index is 12.7. The van der Waals surface area contributed by atoms with Crippen LogP contribution in [0.25, 0.3) is 0 Å². The van der Waals surface area contributed by atoms with Crippen molar-refractivity contribution in [1.82, 2.24) is 0 Å². The van der Waals surface area contributed by atoms with Gasteiger partial charge < -0.3 is 0 Å². The normalized spacial score (nSPS) is 10.7. The van der Waals surface area contributed by atoms with Crippen LogP contribution in [-0.2, 0) is 10.0 Å².